The fourth-order valence-corrected chi connectivity index (χ4v) is 3.15. The average Bonchev–Trinajstić information content (AvgIpc) is 3.00. The van der Waals surface area contributed by atoms with Crippen molar-refractivity contribution < 1.29 is 0 Å². The van der Waals surface area contributed by atoms with Gasteiger partial charge in [0.1, 0.15) is 5.65 Å². The van der Waals surface area contributed by atoms with E-state index in [1.165, 1.54) is 16.5 Å². The summed E-state index contributed by atoms with van der Waals surface area (Å²) in [4.78, 5) is 4.87. The van der Waals surface area contributed by atoms with E-state index in [0.29, 0.717) is 6.54 Å². The smallest absolute Gasteiger partial charge is 0.137 e. The van der Waals surface area contributed by atoms with Crippen LogP contribution in [-0.2, 0) is 0 Å². The van der Waals surface area contributed by atoms with Crippen molar-refractivity contribution in [1.82, 2.24) is 9.38 Å². The monoisotopic (exact) mass is 301 g/mol. The van der Waals surface area contributed by atoms with Crippen LogP contribution in [0.3, 0.4) is 0 Å². The summed E-state index contributed by atoms with van der Waals surface area (Å²) in [5.74, 6) is 0.244. The second-order valence-electron chi connectivity index (χ2n) is 5.97. The molecule has 0 amide bonds. The van der Waals surface area contributed by atoms with E-state index in [2.05, 4.69) is 60.0 Å². The number of pyridine rings is 1. The Balaban J connectivity index is 1.99. The molecule has 2 aromatic carbocycles. The van der Waals surface area contributed by atoms with Crippen LogP contribution in [0.15, 0.2) is 66.9 Å². The third kappa shape index (κ3) is 2.30. The van der Waals surface area contributed by atoms with Crippen LogP contribution in [-0.4, -0.2) is 15.9 Å². The van der Waals surface area contributed by atoms with Crippen LogP contribution in [0.2, 0.25) is 0 Å². The molecule has 114 valence electrons. The largest absolute Gasteiger partial charge is 0.330 e. The Labute approximate surface area is 135 Å². The molecular weight excluding hydrogens is 282 g/mol. The van der Waals surface area contributed by atoms with E-state index < -0.39 is 0 Å². The predicted molar refractivity (Wildman–Crippen MR) is 95.6 cm³/mol. The minimum atomic E-state index is 0.244. The molecular formula is C20H19N3. The van der Waals surface area contributed by atoms with Crippen molar-refractivity contribution in [3.05, 3.63) is 72.6 Å². The zero-order chi connectivity index (χ0) is 15.8. The van der Waals surface area contributed by atoms with Crippen LogP contribution < -0.4 is 5.73 Å². The van der Waals surface area contributed by atoms with Gasteiger partial charge in [-0.25, -0.2) is 4.98 Å². The van der Waals surface area contributed by atoms with Gasteiger partial charge in [0.25, 0.3) is 0 Å². The molecule has 0 aliphatic carbocycles. The fourth-order valence-electron chi connectivity index (χ4n) is 3.15. The van der Waals surface area contributed by atoms with Gasteiger partial charge < -0.3 is 10.1 Å². The first-order valence-corrected chi connectivity index (χ1v) is 7.94. The summed E-state index contributed by atoms with van der Waals surface area (Å²) < 4.78 is 2.15. The lowest BCUT2D eigenvalue weighted by molar-refractivity contribution is 0.738. The Hall–Kier alpha value is -2.65. The molecule has 0 aliphatic rings. The molecule has 4 rings (SSSR count). The van der Waals surface area contributed by atoms with Crippen molar-refractivity contribution in [3.8, 4) is 11.3 Å². The van der Waals surface area contributed by atoms with Gasteiger partial charge in [-0.15, -0.1) is 0 Å². The predicted octanol–water partition coefficient (Wildman–Crippen LogP) is 4.22. The molecule has 1 unspecified atom stereocenters. The van der Waals surface area contributed by atoms with E-state index in [-0.39, 0.29) is 5.92 Å². The number of imidazole rings is 1. The molecule has 0 bridgehead atoms. The van der Waals surface area contributed by atoms with Gasteiger partial charge in [-0.05, 0) is 29.0 Å². The van der Waals surface area contributed by atoms with Crippen LogP contribution in [0, 0.1) is 0 Å². The van der Waals surface area contributed by atoms with Crippen LogP contribution in [0.4, 0.5) is 0 Å². The maximum atomic E-state index is 5.95. The highest BCUT2D eigenvalue weighted by Gasteiger charge is 2.18. The molecule has 3 heteroatoms. The van der Waals surface area contributed by atoms with Crippen molar-refractivity contribution in [3.63, 3.8) is 0 Å². The van der Waals surface area contributed by atoms with E-state index in [4.69, 9.17) is 10.7 Å². The van der Waals surface area contributed by atoms with Gasteiger partial charge in [-0.1, -0.05) is 49.4 Å². The topological polar surface area (TPSA) is 43.3 Å². The Kier molecular flexibility index (Phi) is 3.36. The number of hydrogen-bond acceptors (Lipinski definition) is 2. The van der Waals surface area contributed by atoms with E-state index >= 15 is 0 Å². The highest BCUT2D eigenvalue weighted by atomic mass is 15.0. The maximum absolute atomic E-state index is 5.95. The Bertz CT molecular complexity index is 984. The minimum absolute atomic E-state index is 0.244. The summed E-state index contributed by atoms with van der Waals surface area (Å²) in [5.41, 5.74) is 10.3. The molecule has 0 spiro atoms. The van der Waals surface area contributed by atoms with E-state index in [0.717, 1.165) is 16.9 Å². The zero-order valence-electron chi connectivity index (χ0n) is 13.1. The summed E-state index contributed by atoms with van der Waals surface area (Å²) in [7, 11) is 0. The highest BCUT2D eigenvalue weighted by Crippen LogP contribution is 2.31. The molecule has 2 heterocycles. The van der Waals surface area contributed by atoms with Gasteiger partial charge in [-0.2, -0.15) is 0 Å². The van der Waals surface area contributed by atoms with Crippen molar-refractivity contribution in [2.24, 2.45) is 5.73 Å². The Morgan fingerprint density at radius 3 is 2.61 bits per heavy atom. The van der Waals surface area contributed by atoms with Crippen LogP contribution in [0.25, 0.3) is 27.7 Å². The average molecular weight is 301 g/mol. The number of benzene rings is 2. The number of hydrogen-bond donors (Lipinski definition) is 1. The van der Waals surface area contributed by atoms with Crippen LogP contribution in [0.1, 0.15) is 18.5 Å². The van der Waals surface area contributed by atoms with Crippen molar-refractivity contribution in [2.45, 2.75) is 12.8 Å². The van der Waals surface area contributed by atoms with Gasteiger partial charge in [0.2, 0.25) is 0 Å². The lowest BCUT2D eigenvalue weighted by atomic mass is 9.99. The first-order chi connectivity index (χ1) is 11.3. The summed E-state index contributed by atoms with van der Waals surface area (Å²) in [6, 6.07) is 21.0. The summed E-state index contributed by atoms with van der Waals surface area (Å²) in [5, 5.41) is 2.47. The first-order valence-electron chi connectivity index (χ1n) is 7.94. The number of aromatic nitrogens is 2. The molecule has 0 saturated heterocycles. The minimum Gasteiger partial charge on any atom is -0.330 e. The molecule has 0 radical (unpaired) electrons. The second kappa shape index (κ2) is 5.52. The second-order valence-corrected chi connectivity index (χ2v) is 5.97. The number of nitrogens with zero attached hydrogens (tertiary/aromatic N) is 2. The first kappa shape index (κ1) is 14.0. The van der Waals surface area contributed by atoms with E-state index in [9.17, 15) is 0 Å². The van der Waals surface area contributed by atoms with Gasteiger partial charge >= 0.3 is 0 Å². The zero-order valence-corrected chi connectivity index (χ0v) is 13.1. The van der Waals surface area contributed by atoms with Crippen molar-refractivity contribution >= 4 is 16.4 Å². The molecule has 0 saturated carbocycles. The number of fused-ring (bicyclic) bond motifs is 2. The van der Waals surface area contributed by atoms with E-state index in [1.54, 1.807) is 0 Å². The SMILES string of the molecule is CC(CN)c1c(-c2ccc3ccccc3c2)nc2ccccn12. The van der Waals surface area contributed by atoms with Crippen molar-refractivity contribution in [2.75, 3.05) is 6.54 Å². The Morgan fingerprint density at radius 1 is 1.00 bits per heavy atom. The third-order valence-corrected chi connectivity index (χ3v) is 4.41. The summed E-state index contributed by atoms with van der Waals surface area (Å²) in [6.07, 6.45) is 2.06. The summed E-state index contributed by atoms with van der Waals surface area (Å²) in [6.45, 7) is 2.75. The quantitative estimate of drug-likeness (QED) is 0.616. The van der Waals surface area contributed by atoms with Gasteiger partial charge in [0, 0.05) is 24.2 Å². The molecule has 2 aromatic heterocycles. The number of nitrogens with two attached hydrogens (primary N) is 1. The summed E-state index contributed by atoms with van der Waals surface area (Å²) >= 11 is 0. The van der Waals surface area contributed by atoms with Crippen molar-refractivity contribution in [1.29, 1.82) is 0 Å². The lowest BCUT2D eigenvalue weighted by Gasteiger charge is -2.12. The van der Waals surface area contributed by atoms with Gasteiger partial charge in [0.15, 0.2) is 0 Å². The molecule has 0 aliphatic heterocycles. The van der Waals surface area contributed by atoms with Crippen LogP contribution in [0.5, 0.6) is 0 Å². The van der Waals surface area contributed by atoms with Gasteiger partial charge in [-0.3, -0.25) is 0 Å². The highest BCUT2D eigenvalue weighted by molar-refractivity contribution is 5.87. The van der Waals surface area contributed by atoms with E-state index in [1.807, 2.05) is 18.2 Å². The molecule has 2 N–H and O–H groups in total. The molecule has 4 aromatic rings. The Morgan fingerprint density at radius 2 is 1.78 bits per heavy atom. The maximum Gasteiger partial charge on any atom is 0.137 e. The normalized spacial score (nSPS) is 12.8. The van der Waals surface area contributed by atoms with Gasteiger partial charge in [0.05, 0.1) is 11.4 Å². The van der Waals surface area contributed by atoms with Crippen LogP contribution >= 0.6 is 0 Å². The lowest BCUT2D eigenvalue weighted by Crippen LogP contribution is -2.12. The molecule has 1 atom stereocenters. The number of rotatable bonds is 3. The molecule has 3 nitrogen and oxygen atoms in total. The fraction of sp³-hybridized carbons (Fsp3) is 0.150. The standard InChI is InChI=1S/C20H19N3/c1-14(13-21)20-19(22-18-8-4-5-11-23(18)20)17-10-9-15-6-2-3-7-16(15)12-17/h2-12,14H,13,21H2,1H3. The molecule has 0 fully saturated rings. The third-order valence-electron chi connectivity index (χ3n) is 4.41. The molecule has 23 heavy (non-hydrogen) atoms.